The van der Waals surface area contributed by atoms with Crippen LogP contribution in [0.4, 0.5) is 0 Å². The van der Waals surface area contributed by atoms with Gasteiger partial charge in [-0.15, -0.1) is 0 Å². The monoisotopic (exact) mass is 201 g/mol. The fourth-order valence-corrected chi connectivity index (χ4v) is 1.79. The van der Waals surface area contributed by atoms with E-state index >= 15 is 0 Å². The van der Waals surface area contributed by atoms with Crippen LogP contribution in [0.5, 0.6) is 0 Å². The second-order valence-corrected chi connectivity index (χ2v) is 3.75. The zero-order valence-corrected chi connectivity index (χ0v) is 8.82. The Morgan fingerprint density at radius 2 is 2.36 bits per heavy atom. The topological polar surface area (TPSA) is 58.6 Å². The fourth-order valence-electron chi connectivity index (χ4n) is 1.79. The quantitative estimate of drug-likeness (QED) is 0.648. The van der Waals surface area contributed by atoms with Gasteiger partial charge in [-0.2, -0.15) is 0 Å². The van der Waals surface area contributed by atoms with E-state index in [9.17, 15) is 9.90 Å². The van der Waals surface area contributed by atoms with E-state index in [1.165, 1.54) is 0 Å². The van der Waals surface area contributed by atoms with Crippen LogP contribution in [0.3, 0.4) is 0 Å². The summed E-state index contributed by atoms with van der Waals surface area (Å²) in [5.41, 5.74) is 0. The van der Waals surface area contributed by atoms with Crippen LogP contribution in [-0.2, 0) is 9.53 Å². The Morgan fingerprint density at radius 1 is 1.64 bits per heavy atom. The molecule has 0 aromatic heterocycles. The number of ether oxygens (including phenoxy) is 1. The molecule has 14 heavy (non-hydrogen) atoms. The van der Waals surface area contributed by atoms with Crippen molar-refractivity contribution in [3.05, 3.63) is 0 Å². The molecule has 0 aliphatic heterocycles. The predicted octanol–water partition coefficient (Wildman–Crippen LogP) is 0.441. The van der Waals surface area contributed by atoms with E-state index in [0.717, 1.165) is 19.3 Å². The maximum Gasteiger partial charge on any atom is 0.322 e. The third-order valence-corrected chi connectivity index (χ3v) is 2.58. The summed E-state index contributed by atoms with van der Waals surface area (Å²) in [6.45, 7) is 3.95. The number of carbonyl (C=O) groups is 1. The molecule has 1 unspecified atom stereocenters. The van der Waals surface area contributed by atoms with E-state index in [0.29, 0.717) is 6.61 Å². The highest BCUT2D eigenvalue weighted by Crippen LogP contribution is 2.19. The highest BCUT2D eigenvalue weighted by Gasteiger charge is 2.28. The number of rotatable bonds is 4. The molecule has 1 aliphatic rings. The third-order valence-electron chi connectivity index (χ3n) is 2.58. The van der Waals surface area contributed by atoms with Crippen molar-refractivity contribution in [2.45, 2.75) is 51.3 Å². The van der Waals surface area contributed by atoms with Gasteiger partial charge in [0, 0.05) is 6.04 Å². The minimum absolute atomic E-state index is 0.0504. The minimum atomic E-state index is -0.326. The van der Waals surface area contributed by atoms with E-state index in [-0.39, 0.29) is 24.2 Å². The summed E-state index contributed by atoms with van der Waals surface area (Å²) in [4.78, 5) is 11.3. The van der Waals surface area contributed by atoms with Crippen molar-refractivity contribution in [3.8, 4) is 0 Å². The number of esters is 1. The van der Waals surface area contributed by atoms with Gasteiger partial charge in [-0.1, -0.05) is 0 Å². The van der Waals surface area contributed by atoms with Gasteiger partial charge in [-0.3, -0.25) is 10.1 Å². The maximum atomic E-state index is 11.3. The molecular formula is C10H19NO3. The molecule has 1 saturated carbocycles. The molecule has 2 N–H and O–H groups in total. The molecule has 0 aromatic rings. The molecule has 3 atom stereocenters. The fraction of sp³-hybridized carbons (Fsp3) is 0.900. The molecule has 4 heteroatoms. The lowest BCUT2D eigenvalue weighted by molar-refractivity contribution is -0.145. The molecule has 4 nitrogen and oxygen atoms in total. The van der Waals surface area contributed by atoms with Gasteiger partial charge in [0.15, 0.2) is 0 Å². The van der Waals surface area contributed by atoms with Crippen LogP contribution < -0.4 is 5.32 Å². The first-order valence-electron chi connectivity index (χ1n) is 5.26. The number of aliphatic hydroxyl groups excluding tert-OH is 1. The normalized spacial score (nSPS) is 28.8. The van der Waals surface area contributed by atoms with Crippen molar-refractivity contribution in [1.29, 1.82) is 0 Å². The van der Waals surface area contributed by atoms with Crippen molar-refractivity contribution in [2.24, 2.45) is 0 Å². The molecule has 0 saturated heterocycles. The van der Waals surface area contributed by atoms with Gasteiger partial charge in [-0.05, 0) is 33.1 Å². The van der Waals surface area contributed by atoms with E-state index in [1.54, 1.807) is 13.8 Å². The summed E-state index contributed by atoms with van der Waals surface area (Å²) in [5, 5.41) is 12.6. The number of aliphatic hydroxyl groups is 1. The Kier molecular flexibility index (Phi) is 4.35. The van der Waals surface area contributed by atoms with Crippen molar-refractivity contribution < 1.29 is 14.6 Å². The van der Waals surface area contributed by atoms with Gasteiger partial charge < -0.3 is 9.84 Å². The Balaban J connectivity index is 2.32. The highest BCUT2D eigenvalue weighted by molar-refractivity contribution is 5.75. The summed E-state index contributed by atoms with van der Waals surface area (Å²) in [7, 11) is 0. The van der Waals surface area contributed by atoms with Crippen molar-refractivity contribution >= 4 is 5.97 Å². The zero-order chi connectivity index (χ0) is 10.6. The Labute approximate surface area is 84.6 Å². The molecule has 0 bridgehead atoms. The molecule has 0 amide bonds. The molecule has 0 aromatic carbocycles. The van der Waals surface area contributed by atoms with Gasteiger partial charge in [-0.25, -0.2) is 0 Å². The zero-order valence-electron chi connectivity index (χ0n) is 8.82. The van der Waals surface area contributed by atoms with Gasteiger partial charge in [0.05, 0.1) is 12.7 Å². The summed E-state index contributed by atoms with van der Waals surface area (Å²) in [6.07, 6.45) is 2.47. The van der Waals surface area contributed by atoms with Crippen molar-refractivity contribution in [1.82, 2.24) is 5.32 Å². The molecule has 1 aliphatic carbocycles. The minimum Gasteiger partial charge on any atom is -0.465 e. The average molecular weight is 201 g/mol. The Bertz CT molecular complexity index is 196. The van der Waals surface area contributed by atoms with E-state index < -0.39 is 0 Å². The molecule has 1 rings (SSSR count). The van der Waals surface area contributed by atoms with Gasteiger partial charge in [0.1, 0.15) is 6.04 Å². The lowest BCUT2D eigenvalue weighted by Gasteiger charge is -2.20. The third kappa shape index (κ3) is 2.96. The van der Waals surface area contributed by atoms with Crippen molar-refractivity contribution in [2.75, 3.05) is 6.61 Å². The number of nitrogens with one attached hydrogen (secondary N) is 1. The van der Waals surface area contributed by atoms with Crippen LogP contribution in [0.25, 0.3) is 0 Å². The van der Waals surface area contributed by atoms with Gasteiger partial charge >= 0.3 is 5.97 Å². The van der Waals surface area contributed by atoms with Crippen LogP contribution in [-0.4, -0.2) is 35.9 Å². The highest BCUT2D eigenvalue weighted by atomic mass is 16.5. The lowest BCUT2D eigenvalue weighted by atomic mass is 10.2. The first kappa shape index (κ1) is 11.5. The smallest absolute Gasteiger partial charge is 0.322 e. The largest absolute Gasteiger partial charge is 0.465 e. The van der Waals surface area contributed by atoms with E-state index in [4.69, 9.17) is 4.74 Å². The first-order valence-corrected chi connectivity index (χ1v) is 5.26. The molecule has 0 heterocycles. The maximum absolute atomic E-state index is 11.3. The van der Waals surface area contributed by atoms with E-state index in [2.05, 4.69) is 5.32 Å². The molecule has 0 spiro atoms. The second kappa shape index (κ2) is 5.32. The Hall–Kier alpha value is -0.610. The van der Waals surface area contributed by atoms with E-state index in [1.807, 2.05) is 0 Å². The Morgan fingerprint density at radius 3 is 2.86 bits per heavy atom. The van der Waals surface area contributed by atoms with Crippen LogP contribution in [0, 0.1) is 0 Å². The van der Waals surface area contributed by atoms with Gasteiger partial charge in [0.2, 0.25) is 0 Å². The first-order chi connectivity index (χ1) is 6.65. The van der Waals surface area contributed by atoms with Crippen LogP contribution in [0.2, 0.25) is 0 Å². The molecule has 82 valence electrons. The predicted molar refractivity (Wildman–Crippen MR) is 52.9 cm³/mol. The lowest BCUT2D eigenvalue weighted by Crippen LogP contribution is -2.45. The SMILES string of the molecule is CCOC(=O)C(C)N[C@@H]1CCC[C@H]1O. The summed E-state index contributed by atoms with van der Waals surface area (Å²) in [5.74, 6) is -0.244. The van der Waals surface area contributed by atoms with Crippen LogP contribution in [0.1, 0.15) is 33.1 Å². The molecular weight excluding hydrogens is 182 g/mol. The van der Waals surface area contributed by atoms with Crippen LogP contribution in [0.15, 0.2) is 0 Å². The summed E-state index contributed by atoms with van der Waals surface area (Å²) in [6, 6.07) is -0.276. The number of hydrogen-bond donors (Lipinski definition) is 2. The second-order valence-electron chi connectivity index (χ2n) is 3.75. The molecule has 1 fully saturated rings. The van der Waals surface area contributed by atoms with Crippen LogP contribution >= 0.6 is 0 Å². The standard InChI is InChI=1S/C10H19NO3/c1-3-14-10(13)7(2)11-8-5-4-6-9(8)12/h7-9,11-12H,3-6H2,1-2H3/t7?,8-,9-/m1/s1. The van der Waals surface area contributed by atoms with Gasteiger partial charge in [0.25, 0.3) is 0 Å². The average Bonchev–Trinajstić information content (AvgIpc) is 2.52. The number of carbonyl (C=O) groups excluding carboxylic acids is 1. The molecule has 0 radical (unpaired) electrons. The summed E-state index contributed by atoms with van der Waals surface area (Å²) >= 11 is 0. The summed E-state index contributed by atoms with van der Waals surface area (Å²) < 4.78 is 4.87. The number of hydrogen-bond acceptors (Lipinski definition) is 4. The van der Waals surface area contributed by atoms with Crippen molar-refractivity contribution in [3.63, 3.8) is 0 Å².